The largest absolute Gasteiger partial charge is 0.369 e. The number of para-hydroxylation sites is 1. The molecule has 20 heavy (non-hydrogen) atoms. The number of aliphatic imine (C=N–C) groups is 1. The van der Waals surface area contributed by atoms with E-state index in [9.17, 15) is 0 Å². The summed E-state index contributed by atoms with van der Waals surface area (Å²) in [6, 6.07) is 13.5. The average molecular weight is 287 g/mol. The fourth-order valence-corrected chi connectivity index (χ4v) is 2.75. The van der Waals surface area contributed by atoms with Crippen LogP contribution in [0.15, 0.2) is 53.7 Å². The molecule has 0 saturated heterocycles. The number of nitrogens with two attached hydrogens (primary N) is 1. The Hall–Kier alpha value is -2.07. The highest BCUT2D eigenvalue weighted by Crippen LogP contribution is 2.38. The van der Waals surface area contributed by atoms with Crippen LogP contribution < -0.4 is 10.6 Å². The second kappa shape index (κ2) is 4.80. The first-order chi connectivity index (χ1) is 9.63. The van der Waals surface area contributed by atoms with Crippen molar-refractivity contribution in [2.24, 2.45) is 10.7 Å². The van der Waals surface area contributed by atoms with Crippen LogP contribution >= 0.6 is 11.6 Å². The molecule has 1 aromatic carbocycles. The minimum absolute atomic E-state index is 0.420. The molecule has 2 heterocycles. The van der Waals surface area contributed by atoms with Crippen LogP contribution in [0.1, 0.15) is 12.6 Å². The summed E-state index contributed by atoms with van der Waals surface area (Å²) in [6.45, 7) is 2.63. The summed E-state index contributed by atoms with van der Waals surface area (Å²) >= 11 is 6.31. The SMILES string of the molecule is CC1(c2ccccn2)CN=C(N)N1c1ccccc1Cl. The second-order valence-corrected chi connectivity index (χ2v) is 5.36. The number of hydrogen-bond acceptors (Lipinski definition) is 4. The van der Waals surface area contributed by atoms with Gasteiger partial charge >= 0.3 is 0 Å². The third-order valence-corrected chi connectivity index (χ3v) is 3.90. The molecule has 102 valence electrons. The molecule has 1 aliphatic rings. The average Bonchev–Trinajstić information content (AvgIpc) is 2.78. The Morgan fingerprint density at radius 3 is 2.65 bits per heavy atom. The molecule has 0 amide bonds. The number of nitrogens with zero attached hydrogens (tertiary/aromatic N) is 3. The van der Waals surface area contributed by atoms with Crippen molar-refractivity contribution in [1.29, 1.82) is 0 Å². The van der Waals surface area contributed by atoms with E-state index in [-0.39, 0.29) is 0 Å². The van der Waals surface area contributed by atoms with Crippen molar-refractivity contribution in [3.05, 3.63) is 59.4 Å². The molecule has 3 rings (SSSR count). The summed E-state index contributed by atoms with van der Waals surface area (Å²) in [5.74, 6) is 0.464. The van der Waals surface area contributed by atoms with Crippen molar-refractivity contribution in [3.63, 3.8) is 0 Å². The van der Waals surface area contributed by atoms with Gasteiger partial charge in [-0.2, -0.15) is 0 Å². The molecular weight excluding hydrogens is 272 g/mol. The van der Waals surface area contributed by atoms with Gasteiger partial charge < -0.3 is 5.73 Å². The van der Waals surface area contributed by atoms with Crippen LogP contribution in [0, 0.1) is 0 Å². The van der Waals surface area contributed by atoms with Gasteiger partial charge in [0, 0.05) is 6.20 Å². The van der Waals surface area contributed by atoms with Gasteiger partial charge in [0.05, 0.1) is 22.9 Å². The van der Waals surface area contributed by atoms with Crippen molar-refractivity contribution < 1.29 is 0 Å². The molecule has 4 nitrogen and oxygen atoms in total. The predicted octanol–water partition coefficient (Wildman–Crippen LogP) is 2.79. The summed E-state index contributed by atoms with van der Waals surface area (Å²) in [5, 5.41) is 0.648. The zero-order chi connectivity index (χ0) is 14.2. The number of rotatable bonds is 2. The van der Waals surface area contributed by atoms with Crippen molar-refractivity contribution >= 4 is 23.2 Å². The maximum absolute atomic E-state index is 6.31. The molecule has 1 aliphatic heterocycles. The molecule has 0 saturated carbocycles. The lowest BCUT2D eigenvalue weighted by atomic mass is 9.95. The fraction of sp³-hybridized carbons (Fsp3) is 0.200. The van der Waals surface area contributed by atoms with Crippen molar-refractivity contribution in [3.8, 4) is 0 Å². The molecule has 2 aromatic rings. The second-order valence-electron chi connectivity index (χ2n) is 4.95. The van der Waals surface area contributed by atoms with E-state index in [0.717, 1.165) is 11.4 Å². The highest BCUT2D eigenvalue weighted by atomic mass is 35.5. The molecule has 0 spiro atoms. The van der Waals surface area contributed by atoms with Gasteiger partial charge in [-0.25, -0.2) is 0 Å². The summed E-state index contributed by atoms with van der Waals surface area (Å²) in [4.78, 5) is 10.8. The van der Waals surface area contributed by atoms with Gasteiger partial charge in [-0.3, -0.25) is 14.9 Å². The summed E-state index contributed by atoms with van der Waals surface area (Å²) < 4.78 is 0. The molecule has 1 atom stereocenters. The molecule has 0 bridgehead atoms. The maximum Gasteiger partial charge on any atom is 0.196 e. The summed E-state index contributed by atoms with van der Waals surface area (Å²) in [6.07, 6.45) is 1.78. The minimum atomic E-state index is -0.420. The van der Waals surface area contributed by atoms with Gasteiger partial charge in [0.1, 0.15) is 5.54 Å². The zero-order valence-corrected chi connectivity index (χ0v) is 11.9. The van der Waals surface area contributed by atoms with Crippen LogP contribution in [-0.2, 0) is 5.54 Å². The van der Waals surface area contributed by atoms with Gasteiger partial charge in [-0.1, -0.05) is 29.8 Å². The normalized spacial score (nSPS) is 21.9. The van der Waals surface area contributed by atoms with Gasteiger partial charge in [0.15, 0.2) is 5.96 Å². The number of anilines is 1. The van der Waals surface area contributed by atoms with Crippen LogP contribution in [-0.4, -0.2) is 17.5 Å². The lowest BCUT2D eigenvalue weighted by molar-refractivity contribution is 0.516. The number of pyridine rings is 1. The van der Waals surface area contributed by atoms with E-state index in [1.54, 1.807) is 6.20 Å². The summed E-state index contributed by atoms with van der Waals surface area (Å²) in [7, 11) is 0. The minimum Gasteiger partial charge on any atom is -0.369 e. The Balaban J connectivity index is 2.12. The lowest BCUT2D eigenvalue weighted by Crippen LogP contribution is -2.48. The first-order valence-electron chi connectivity index (χ1n) is 6.39. The topological polar surface area (TPSA) is 54.5 Å². The standard InChI is InChI=1S/C15H15ClN4/c1-15(13-8-4-5-9-18-13)10-19-14(17)20(15)12-7-3-2-6-11(12)16/h2-9H,10H2,1H3,(H2,17,19). The molecular formula is C15H15ClN4. The van der Waals surface area contributed by atoms with E-state index in [0.29, 0.717) is 17.5 Å². The van der Waals surface area contributed by atoms with Gasteiger partial charge in [0.2, 0.25) is 0 Å². The lowest BCUT2D eigenvalue weighted by Gasteiger charge is -2.36. The summed E-state index contributed by atoms with van der Waals surface area (Å²) in [5.41, 5.74) is 7.43. The Bertz CT molecular complexity index is 656. The number of benzene rings is 1. The molecule has 0 aliphatic carbocycles. The predicted molar refractivity (Wildman–Crippen MR) is 82.0 cm³/mol. The van der Waals surface area contributed by atoms with E-state index in [4.69, 9.17) is 17.3 Å². The van der Waals surface area contributed by atoms with Crippen LogP contribution in [0.2, 0.25) is 5.02 Å². The van der Waals surface area contributed by atoms with Gasteiger partial charge in [-0.05, 0) is 31.2 Å². The van der Waals surface area contributed by atoms with Gasteiger partial charge in [-0.15, -0.1) is 0 Å². The van der Waals surface area contributed by atoms with E-state index in [1.165, 1.54) is 0 Å². The molecule has 1 aromatic heterocycles. The highest BCUT2D eigenvalue weighted by Gasteiger charge is 2.42. The van der Waals surface area contributed by atoms with Crippen LogP contribution in [0.25, 0.3) is 0 Å². The Morgan fingerprint density at radius 2 is 1.95 bits per heavy atom. The monoisotopic (exact) mass is 286 g/mol. The fourth-order valence-electron chi connectivity index (χ4n) is 2.53. The molecule has 5 heteroatoms. The maximum atomic E-state index is 6.31. The Labute approximate surface area is 122 Å². The first-order valence-corrected chi connectivity index (χ1v) is 6.77. The molecule has 1 unspecified atom stereocenters. The van der Waals surface area contributed by atoms with Crippen molar-refractivity contribution in [1.82, 2.24) is 4.98 Å². The number of hydrogen-bond donors (Lipinski definition) is 1. The van der Waals surface area contributed by atoms with Crippen molar-refractivity contribution in [2.75, 3.05) is 11.4 Å². The molecule has 2 N–H and O–H groups in total. The quantitative estimate of drug-likeness (QED) is 0.923. The van der Waals surface area contributed by atoms with E-state index >= 15 is 0 Å². The Kier molecular flexibility index (Phi) is 3.10. The zero-order valence-electron chi connectivity index (χ0n) is 11.1. The number of guanidine groups is 1. The highest BCUT2D eigenvalue weighted by molar-refractivity contribution is 6.34. The smallest absolute Gasteiger partial charge is 0.196 e. The van der Waals surface area contributed by atoms with Crippen LogP contribution in [0.4, 0.5) is 5.69 Å². The van der Waals surface area contributed by atoms with E-state index in [2.05, 4.69) is 16.9 Å². The Morgan fingerprint density at radius 1 is 1.20 bits per heavy atom. The van der Waals surface area contributed by atoms with Crippen LogP contribution in [0.5, 0.6) is 0 Å². The third kappa shape index (κ3) is 1.93. The third-order valence-electron chi connectivity index (χ3n) is 3.58. The molecule has 0 fully saturated rings. The van der Waals surface area contributed by atoms with E-state index < -0.39 is 5.54 Å². The first kappa shape index (κ1) is 12.9. The number of halogens is 1. The van der Waals surface area contributed by atoms with E-state index in [1.807, 2.05) is 47.4 Å². The van der Waals surface area contributed by atoms with Crippen molar-refractivity contribution in [2.45, 2.75) is 12.5 Å². The van der Waals surface area contributed by atoms with Crippen LogP contribution in [0.3, 0.4) is 0 Å². The molecule has 0 radical (unpaired) electrons. The number of aromatic nitrogens is 1. The van der Waals surface area contributed by atoms with Gasteiger partial charge in [0.25, 0.3) is 0 Å².